The average Bonchev–Trinajstić information content (AvgIpc) is 2.91. The highest BCUT2D eigenvalue weighted by molar-refractivity contribution is 5.81. The number of hydrogen-bond donors (Lipinski definition) is 3. The number of amides is 3. The maximum Gasteiger partial charge on any atom is 0.223 e. The van der Waals surface area contributed by atoms with E-state index in [4.69, 9.17) is 11.5 Å². The summed E-state index contributed by atoms with van der Waals surface area (Å²) >= 11 is 0. The van der Waals surface area contributed by atoms with Crippen LogP contribution in [-0.4, -0.2) is 24.3 Å². The zero-order chi connectivity index (χ0) is 17.8. The van der Waals surface area contributed by atoms with E-state index in [2.05, 4.69) is 5.32 Å². The molecule has 0 aromatic rings. The fourth-order valence-electron chi connectivity index (χ4n) is 3.53. The van der Waals surface area contributed by atoms with Crippen molar-refractivity contribution in [1.82, 2.24) is 5.32 Å². The second-order valence-corrected chi connectivity index (χ2v) is 7.04. The second kappa shape index (κ2) is 11.0. The van der Waals surface area contributed by atoms with Gasteiger partial charge in [-0.15, -0.1) is 0 Å². The van der Waals surface area contributed by atoms with Gasteiger partial charge in [0.1, 0.15) is 0 Å². The van der Waals surface area contributed by atoms with Crippen molar-refractivity contribution in [2.45, 2.75) is 83.5 Å². The average molecular weight is 339 g/mol. The van der Waals surface area contributed by atoms with E-state index < -0.39 is 0 Å². The largest absolute Gasteiger partial charge is 0.370 e. The molecule has 0 atom stereocenters. The highest BCUT2D eigenvalue weighted by Crippen LogP contribution is 2.39. The molecule has 2 rings (SSSR count). The Bertz CT molecular complexity index is 406. The molecule has 0 unspecified atom stereocenters. The minimum absolute atomic E-state index is 0.195. The van der Waals surface area contributed by atoms with Crippen LogP contribution in [0.4, 0.5) is 0 Å². The van der Waals surface area contributed by atoms with Gasteiger partial charge in [0.25, 0.3) is 0 Å². The quantitative estimate of drug-likeness (QED) is 0.666. The van der Waals surface area contributed by atoms with Gasteiger partial charge in [-0.25, -0.2) is 0 Å². The molecule has 3 amide bonds. The molecule has 138 valence electrons. The summed E-state index contributed by atoms with van der Waals surface area (Å²) in [4.78, 5) is 32.9. The van der Waals surface area contributed by atoms with Gasteiger partial charge < -0.3 is 16.8 Å². The van der Waals surface area contributed by atoms with E-state index in [1.807, 2.05) is 0 Å². The van der Waals surface area contributed by atoms with Crippen molar-refractivity contribution in [3.8, 4) is 0 Å². The van der Waals surface area contributed by atoms with E-state index in [9.17, 15) is 14.4 Å². The molecule has 0 spiro atoms. The first-order valence-electron chi connectivity index (χ1n) is 9.31. The van der Waals surface area contributed by atoms with E-state index in [0.29, 0.717) is 19.3 Å². The van der Waals surface area contributed by atoms with Crippen molar-refractivity contribution in [3.63, 3.8) is 0 Å². The molecule has 2 aliphatic rings. The van der Waals surface area contributed by atoms with Crippen LogP contribution in [0.2, 0.25) is 0 Å². The van der Waals surface area contributed by atoms with Crippen molar-refractivity contribution in [2.24, 2.45) is 16.9 Å². The molecule has 1 saturated heterocycles. The van der Waals surface area contributed by atoms with Gasteiger partial charge in [-0.3, -0.25) is 14.4 Å². The molecule has 0 aromatic heterocycles. The Morgan fingerprint density at radius 3 is 2.17 bits per heavy atom. The molecule has 6 nitrogen and oxygen atoms in total. The Hall–Kier alpha value is -1.59. The minimum Gasteiger partial charge on any atom is -0.370 e. The van der Waals surface area contributed by atoms with Crippen LogP contribution in [0.5, 0.6) is 0 Å². The van der Waals surface area contributed by atoms with Crippen molar-refractivity contribution in [1.29, 1.82) is 0 Å². The Balaban J connectivity index is 0.000000300. The summed E-state index contributed by atoms with van der Waals surface area (Å²) in [6.45, 7) is 0.888. The molecule has 1 aliphatic carbocycles. The number of carbonyl (C=O) groups is 3. The smallest absolute Gasteiger partial charge is 0.223 e. The van der Waals surface area contributed by atoms with Gasteiger partial charge in [0.2, 0.25) is 17.7 Å². The first-order valence-corrected chi connectivity index (χ1v) is 9.31. The Morgan fingerprint density at radius 1 is 0.958 bits per heavy atom. The van der Waals surface area contributed by atoms with Crippen LogP contribution in [0.1, 0.15) is 83.5 Å². The molecule has 1 aliphatic heterocycles. The first-order chi connectivity index (χ1) is 11.5. The molecular formula is C18H33N3O3. The summed E-state index contributed by atoms with van der Waals surface area (Å²) in [5.74, 6) is -0.269. The van der Waals surface area contributed by atoms with Crippen LogP contribution in [0.25, 0.3) is 0 Å². The van der Waals surface area contributed by atoms with Crippen molar-refractivity contribution in [2.75, 3.05) is 6.54 Å². The van der Waals surface area contributed by atoms with Crippen LogP contribution in [-0.2, 0) is 14.4 Å². The molecule has 24 heavy (non-hydrogen) atoms. The maximum absolute atomic E-state index is 11.6. The number of primary amides is 2. The van der Waals surface area contributed by atoms with E-state index in [1.54, 1.807) is 0 Å². The predicted octanol–water partition coefficient (Wildman–Crippen LogP) is 2.14. The normalized spacial score (nSPS) is 20.6. The molecule has 2 fully saturated rings. The molecule has 5 N–H and O–H groups in total. The summed E-state index contributed by atoms with van der Waals surface area (Å²) in [7, 11) is 0. The van der Waals surface area contributed by atoms with Crippen LogP contribution in [0.15, 0.2) is 0 Å². The summed E-state index contributed by atoms with van der Waals surface area (Å²) in [6, 6.07) is 0. The Morgan fingerprint density at radius 2 is 1.58 bits per heavy atom. The fourth-order valence-corrected chi connectivity index (χ4v) is 3.53. The van der Waals surface area contributed by atoms with Gasteiger partial charge in [0, 0.05) is 24.8 Å². The Labute approximate surface area is 145 Å². The third-order valence-electron chi connectivity index (χ3n) is 5.06. The summed E-state index contributed by atoms with van der Waals surface area (Å²) in [5, 5.41) is 2.81. The van der Waals surface area contributed by atoms with E-state index in [0.717, 1.165) is 51.5 Å². The summed E-state index contributed by atoms with van der Waals surface area (Å²) in [5.41, 5.74) is 10.3. The van der Waals surface area contributed by atoms with Gasteiger partial charge in [0.05, 0.1) is 0 Å². The van der Waals surface area contributed by atoms with Gasteiger partial charge in [-0.2, -0.15) is 0 Å². The molecule has 0 bridgehead atoms. The standard InChI is InChI=1S/C12H22N2O2.C6H11NO/c13-10(15)6-5-9-12(11(14)16)7-3-1-2-4-8-12;8-6-4-2-1-3-5-7-6/h1-9H2,(H2,13,15)(H2,14,16);1-5H2,(H,7,8). The van der Waals surface area contributed by atoms with E-state index in [1.165, 1.54) is 19.3 Å². The summed E-state index contributed by atoms with van der Waals surface area (Å²) < 4.78 is 0. The van der Waals surface area contributed by atoms with Crippen LogP contribution in [0, 0.1) is 5.41 Å². The number of rotatable bonds is 5. The number of nitrogens with two attached hydrogens (primary N) is 2. The van der Waals surface area contributed by atoms with E-state index >= 15 is 0 Å². The van der Waals surface area contributed by atoms with Gasteiger partial charge >= 0.3 is 0 Å². The molecule has 0 aromatic carbocycles. The van der Waals surface area contributed by atoms with Gasteiger partial charge in [-0.1, -0.05) is 32.1 Å². The minimum atomic E-state index is -0.369. The third-order valence-corrected chi connectivity index (χ3v) is 5.06. The molecule has 1 saturated carbocycles. The summed E-state index contributed by atoms with van der Waals surface area (Å²) in [6.07, 6.45) is 12.2. The number of carbonyl (C=O) groups excluding carboxylic acids is 3. The topological polar surface area (TPSA) is 115 Å². The van der Waals surface area contributed by atoms with Crippen LogP contribution >= 0.6 is 0 Å². The van der Waals surface area contributed by atoms with E-state index in [-0.39, 0.29) is 23.1 Å². The van der Waals surface area contributed by atoms with Crippen molar-refractivity contribution >= 4 is 17.7 Å². The van der Waals surface area contributed by atoms with Gasteiger partial charge in [0.15, 0.2) is 0 Å². The van der Waals surface area contributed by atoms with Crippen LogP contribution < -0.4 is 16.8 Å². The lowest BCUT2D eigenvalue weighted by atomic mass is 9.75. The maximum atomic E-state index is 11.6. The zero-order valence-corrected chi connectivity index (χ0v) is 14.8. The molecule has 1 heterocycles. The zero-order valence-electron chi connectivity index (χ0n) is 14.8. The Kier molecular flexibility index (Phi) is 9.42. The fraction of sp³-hybridized carbons (Fsp3) is 0.833. The molecular weight excluding hydrogens is 306 g/mol. The lowest BCUT2D eigenvalue weighted by Crippen LogP contribution is -2.37. The monoisotopic (exact) mass is 339 g/mol. The first kappa shape index (κ1) is 20.5. The second-order valence-electron chi connectivity index (χ2n) is 7.04. The predicted molar refractivity (Wildman–Crippen MR) is 93.9 cm³/mol. The number of nitrogens with one attached hydrogen (secondary N) is 1. The molecule has 0 radical (unpaired) electrons. The van der Waals surface area contributed by atoms with Gasteiger partial charge in [-0.05, 0) is 38.5 Å². The van der Waals surface area contributed by atoms with Crippen LogP contribution in [0.3, 0.4) is 0 Å². The lowest BCUT2D eigenvalue weighted by Gasteiger charge is -2.29. The number of hydrogen-bond acceptors (Lipinski definition) is 3. The third kappa shape index (κ3) is 7.79. The molecule has 6 heteroatoms. The highest BCUT2D eigenvalue weighted by atomic mass is 16.2. The van der Waals surface area contributed by atoms with Crippen molar-refractivity contribution in [3.05, 3.63) is 0 Å². The SMILES string of the molecule is NC(=O)CCCC1(C(N)=O)CCCCCC1.O=C1CCCCCN1. The van der Waals surface area contributed by atoms with Crippen molar-refractivity contribution < 1.29 is 14.4 Å². The highest BCUT2D eigenvalue weighted by Gasteiger charge is 2.36. The lowest BCUT2D eigenvalue weighted by molar-refractivity contribution is -0.129.